The van der Waals surface area contributed by atoms with Crippen molar-refractivity contribution in [2.24, 2.45) is 11.8 Å². The second-order valence-electron chi connectivity index (χ2n) is 6.11. The average molecular weight is 223 g/mol. The van der Waals surface area contributed by atoms with Crippen LogP contribution in [-0.2, 0) is 4.79 Å². The molecule has 2 rings (SSSR count). The number of ketones is 1. The molecule has 0 aromatic carbocycles. The van der Waals surface area contributed by atoms with E-state index in [0.29, 0.717) is 17.9 Å². The maximum atomic E-state index is 12.2. The first-order chi connectivity index (χ1) is 7.52. The molecule has 0 N–H and O–H groups in total. The molecule has 16 heavy (non-hydrogen) atoms. The van der Waals surface area contributed by atoms with Gasteiger partial charge in [0, 0.05) is 18.0 Å². The van der Waals surface area contributed by atoms with Gasteiger partial charge in [-0.25, -0.2) is 0 Å². The number of hydrogen-bond donors (Lipinski definition) is 0. The number of hydrogen-bond acceptors (Lipinski definition) is 2. The summed E-state index contributed by atoms with van der Waals surface area (Å²) >= 11 is 0. The number of rotatable bonds is 3. The van der Waals surface area contributed by atoms with Gasteiger partial charge in [0.15, 0.2) is 5.78 Å². The van der Waals surface area contributed by atoms with Crippen molar-refractivity contribution in [2.45, 2.75) is 71.5 Å². The quantitative estimate of drug-likeness (QED) is 0.733. The lowest BCUT2D eigenvalue weighted by Gasteiger charge is -2.33. The highest BCUT2D eigenvalue weighted by Gasteiger charge is 2.47. The number of nitrogens with zero attached hydrogens (tertiary/aromatic N) is 1. The van der Waals surface area contributed by atoms with Crippen LogP contribution >= 0.6 is 0 Å². The van der Waals surface area contributed by atoms with Gasteiger partial charge in [-0.15, -0.1) is 0 Å². The van der Waals surface area contributed by atoms with E-state index < -0.39 is 0 Å². The molecular weight excluding hydrogens is 198 g/mol. The van der Waals surface area contributed by atoms with Gasteiger partial charge in [-0.1, -0.05) is 20.3 Å². The van der Waals surface area contributed by atoms with Crippen LogP contribution in [-0.4, -0.2) is 28.8 Å². The minimum Gasteiger partial charge on any atom is -0.298 e. The fourth-order valence-electron chi connectivity index (χ4n) is 3.72. The van der Waals surface area contributed by atoms with Gasteiger partial charge in [0.05, 0.1) is 6.04 Å². The Kier molecular flexibility index (Phi) is 3.39. The minimum absolute atomic E-state index is 0.185. The molecule has 1 heterocycles. The van der Waals surface area contributed by atoms with Crippen LogP contribution in [0.5, 0.6) is 0 Å². The molecule has 1 aliphatic heterocycles. The van der Waals surface area contributed by atoms with Gasteiger partial charge in [-0.3, -0.25) is 9.69 Å². The fourth-order valence-corrected chi connectivity index (χ4v) is 3.72. The Morgan fingerprint density at radius 2 is 1.88 bits per heavy atom. The van der Waals surface area contributed by atoms with E-state index in [0.717, 1.165) is 12.3 Å². The Morgan fingerprint density at radius 3 is 2.44 bits per heavy atom. The van der Waals surface area contributed by atoms with E-state index in [-0.39, 0.29) is 12.0 Å². The molecule has 3 unspecified atom stereocenters. The van der Waals surface area contributed by atoms with Gasteiger partial charge in [0.25, 0.3) is 0 Å². The van der Waals surface area contributed by atoms with Crippen LogP contribution in [0, 0.1) is 11.8 Å². The van der Waals surface area contributed by atoms with Crippen molar-refractivity contribution >= 4 is 5.78 Å². The molecule has 1 saturated carbocycles. The van der Waals surface area contributed by atoms with Gasteiger partial charge in [-0.05, 0) is 39.0 Å². The van der Waals surface area contributed by atoms with Gasteiger partial charge >= 0.3 is 0 Å². The summed E-state index contributed by atoms with van der Waals surface area (Å²) in [6, 6.07) is 1.43. The lowest BCUT2D eigenvalue weighted by molar-refractivity contribution is -0.127. The van der Waals surface area contributed by atoms with Gasteiger partial charge in [0.2, 0.25) is 0 Å². The van der Waals surface area contributed by atoms with Crippen LogP contribution in [0.25, 0.3) is 0 Å². The van der Waals surface area contributed by atoms with Crippen molar-refractivity contribution in [1.82, 2.24) is 4.90 Å². The maximum Gasteiger partial charge on any atom is 0.152 e. The predicted octanol–water partition coefficient (Wildman–Crippen LogP) is 2.86. The number of carbonyl (C=O) groups is 1. The lowest BCUT2D eigenvalue weighted by Crippen LogP contribution is -2.46. The highest BCUT2D eigenvalue weighted by molar-refractivity contribution is 5.86. The molecule has 92 valence electrons. The van der Waals surface area contributed by atoms with Gasteiger partial charge in [0.1, 0.15) is 0 Å². The average Bonchev–Trinajstić information content (AvgIpc) is 2.73. The van der Waals surface area contributed by atoms with Crippen molar-refractivity contribution in [2.75, 3.05) is 0 Å². The third-order valence-electron chi connectivity index (χ3n) is 4.38. The van der Waals surface area contributed by atoms with Crippen molar-refractivity contribution < 1.29 is 4.79 Å². The van der Waals surface area contributed by atoms with Crippen LogP contribution in [0.2, 0.25) is 0 Å². The SMILES string of the molecule is CC(C)C(=O)C1CC2CCCC2N1C(C)C. The van der Waals surface area contributed by atoms with E-state index in [1.165, 1.54) is 19.3 Å². The Labute approximate surface area is 99.4 Å². The van der Waals surface area contributed by atoms with Crippen LogP contribution in [0.3, 0.4) is 0 Å². The Balaban J connectivity index is 2.16. The summed E-state index contributed by atoms with van der Waals surface area (Å²) in [5.41, 5.74) is 0. The molecule has 3 atom stereocenters. The normalized spacial score (nSPS) is 35.0. The van der Waals surface area contributed by atoms with Crippen LogP contribution < -0.4 is 0 Å². The first kappa shape index (κ1) is 12.1. The Bertz CT molecular complexity index is 272. The number of likely N-dealkylation sites (tertiary alicyclic amines) is 1. The van der Waals surface area contributed by atoms with Crippen molar-refractivity contribution in [3.63, 3.8) is 0 Å². The first-order valence-electron chi connectivity index (χ1n) is 6.83. The molecule has 1 saturated heterocycles. The standard InChI is InChI=1S/C14H25NO/c1-9(2)14(16)13-8-11-6-5-7-12(11)15(13)10(3)4/h9-13H,5-8H2,1-4H3. The first-order valence-corrected chi connectivity index (χ1v) is 6.83. The second-order valence-corrected chi connectivity index (χ2v) is 6.11. The number of carbonyl (C=O) groups excluding carboxylic acids is 1. The zero-order valence-corrected chi connectivity index (χ0v) is 11.1. The van der Waals surface area contributed by atoms with E-state index in [1.807, 2.05) is 13.8 Å². The van der Waals surface area contributed by atoms with Crippen LogP contribution in [0.15, 0.2) is 0 Å². The van der Waals surface area contributed by atoms with E-state index in [9.17, 15) is 4.79 Å². The molecule has 2 aliphatic rings. The minimum atomic E-state index is 0.185. The second kappa shape index (κ2) is 4.48. The van der Waals surface area contributed by atoms with E-state index in [2.05, 4.69) is 18.7 Å². The maximum absolute atomic E-state index is 12.2. The Morgan fingerprint density at radius 1 is 1.19 bits per heavy atom. The largest absolute Gasteiger partial charge is 0.298 e. The van der Waals surface area contributed by atoms with Crippen LogP contribution in [0.4, 0.5) is 0 Å². The molecule has 0 amide bonds. The summed E-state index contributed by atoms with van der Waals surface area (Å²) in [5.74, 6) is 1.45. The molecule has 2 fully saturated rings. The summed E-state index contributed by atoms with van der Waals surface area (Å²) in [7, 11) is 0. The van der Waals surface area contributed by atoms with Gasteiger partial charge in [-0.2, -0.15) is 0 Å². The molecule has 0 aromatic rings. The van der Waals surface area contributed by atoms with E-state index in [1.54, 1.807) is 0 Å². The summed E-state index contributed by atoms with van der Waals surface area (Å²) in [5, 5.41) is 0. The van der Waals surface area contributed by atoms with Gasteiger partial charge < -0.3 is 0 Å². The Hall–Kier alpha value is -0.370. The predicted molar refractivity (Wildman–Crippen MR) is 66.4 cm³/mol. The monoisotopic (exact) mass is 223 g/mol. The van der Waals surface area contributed by atoms with Crippen molar-refractivity contribution in [3.05, 3.63) is 0 Å². The topological polar surface area (TPSA) is 20.3 Å². The fraction of sp³-hybridized carbons (Fsp3) is 0.929. The summed E-state index contributed by atoms with van der Waals surface area (Å²) in [6.45, 7) is 8.55. The third kappa shape index (κ3) is 1.92. The molecule has 2 nitrogen and oxygen atoms in total. The zero-order valence-electron chi connectivity index (χ0n) is 11.1. The summed E-state index contributed by atoms with van der Waals surface area (Å²) in [4.78, 5) is 14.8. The lowest BCUT2D eigenvalue weighted by atomic mass is 9.95. The number of Topliss-reactive ketones (excluding diaryl/α,β-unsaturated/α-hetero) is 1. The smallest absolute Gasteiger partial charge is 0.152 e. The van der Waals surface area contributed by atoms with Crippen LogP contribution in [0.1, 0.15) is 53.4 Å². The van der Waals surface area contributed by atoms with E-state index in [4.69, 9.17) is 0 Å². The van der Waals surface area contributed by atoms with E-state index >= 15 is 0 Å². The summed E-state index contributed by atoms with van der Waals surface area (Å²) in [6.07, 6.45) is 5.14. The molecule has 2 heteroatoms. The summed E-state index contributed by atoms with van der Waals surface area (Å²) < 4.78 is 0. The molecule has 1 aliphatic carbocycles. The zero-order chi connectivity index (χ0) is 11.9. The highest BCUT2D eigenvalue weighted by atomic mass is 16.1. The molecule has 0 spiro atoms. The molecule has 0 aromatic heterocycles. The molecule has 0 radical (unpaired) electrons. The highest BCUT2D eigenvalue weighted by Crippen LogP contribution is 2.42. The number of fused-ring (bicyclic) bond motifs is 1. The third-order valence-corrected chi connectivity index (χ3v) is 4.38. The van der Waals surface area contributed by atoms with Crippen molar-refractivity contribution in [1.29, 1.82) is 0 Å². The molecule has 0 bridgehead atoms. The molecular formula is C14H25NO. The van der Waals surface area contributed by atoms with Crippen molar-refractivity contribution in [3.8, 4) is 0 Å².